The van der Waals surface area contributed by atoms with E-state index in [0.29, 0.717) is 65.8 Å². The average molecular weight is 597 g/mol. The number of likely N-dealkylation sites (N-methyl/N-ethyl adjacent to an activating group) is 1. The van der Waals surface area contributed by atoms with E-state index in [1.807, 2.05) is 6.92 Å². The van der Waals surface area contributed by atoms with Crippen LogP contribution in [0.3, 0.4) is 0 Å². The second kappa shape index (κ2) is 18.7. The van der Waals surface area contributed by atoms with Crippen LogP contribution in [0.15, 0.2) is 49.6 Å². The van der Waals surface area contributed by atoms with Gasteiger partial charge < -0.3 is 33.5 Å². The molecule has 0 aliphatic rings. The zero-order valence-corrected chi connectivity index (χ0v) is 26.7. The van der Waals surface area contributed by atoms with Gasteiger partial charge in [-0.3, -0.25) is 9.59 Å². The molecule has 0 aromatic heterocycles. The molecular weight excluding hydrogens is 548 g/mol. The SMILES string of the molecule is C=CCOc1cc(OCC=C)c(C(=O)c2ccc(OC)c(OC)c2)c(CC(=O)N(CCOC)CCN(CC)CC)c1CC. The van der Waals surface area contributed by atoms with Crippen molar-refractivity contribution in [1.82, 2.24) is 9.80 Å². The highest BCUT2D eigenvalue weighted by Crippen LogP contribution is 2.38. The number of ether oxygens (including phenoxy) is 5. The van der Waals surface area contributed by atoms with E-state index in [0.717, 1.165) is 25.2 Å². The Hall–Kier alpha value is -3.82. The van der Waals surface area contributed by atoms with E-state index >= 15 is 0 Å². The zero-order chi connectivity index (χ0) is 31.8. The molecule has 0 aliphatic carbocycles. The Bertz CT molecular complexity index is 1220. The molecule has 0 heterocycles. The van der Waals surface area contributed by atoms with Gasteiger partial charge in [-0.05, 0) is 48.8 Å². The van der Waals surface area contributed by atoms with Crippen LogP contribution in [0.5, 0.6) is 23.0 Å². The maximum Gasteiger partial charge on any atom is 0.227 e. The van der Waals surface area contributed by atoms with Crippen LogP contribution >= 0.6 is 0 Å². The topological polar surface area (TPSA) is 86.8 Å². The highest BCUT2D eigenvalue weighted by molar-refractivity contribution is 6.13. The molecule has 1 amide bonds. The molecule has 0 N–H and O–H groups in total. The van der Waals surface area contributed by atoms with Crippen molar-refractivity contribution in [2.45, 2.75) is 33.6 Å². The van der Waals surface area contributed by atoms with E-state index in [4.69, 9.17) is 23.7 Å². The maximum absolute atomic E-state index is 14.3. The number of nitrogens with zero attached hydrogens (tertiary/aromatic N) is 2. The summed E-state index contributed by atoms with van der Waals surface area (Å²) in [7, 11) is 4.67. The number of hydrogen-bond acceptors (Lipinski definition) is 8. The molecule has 0 saturated heterocycles. The molecule has 0 unspecified atom stereocenters. The third-order valence-corrected chi connectivity index (χ3v) is 7.24. The summed E-state index contributed by atoms with van der Waals surface area (Å²) < 4.78 is 28.3. The Morgan fingerprint density at radius 2 is 1.44 bits per heavy atom. The monoisotopic (exact) mass is 596 g/mol. The van der Waals surface area contributed by atoms with Gasteiger partial charge in [0, 0.05) is 38.4 Å². The average Bonchev–Trinajstić information content (AvgIpc) is 3.03. The number of carbonyl (C=O) groups is 2. The predicted octanol–water partition coefficient (Wildman–Crippen LogP) is 4.99. The molecule has 0 spiro atoms. The van der Waals surface area contributed by atoms with Crippen LogP contribution in [0.4, 0.5) is 0 Å². The summed E-state index contributed by atoms with van der Waals surface area (Å²) in [6.07, 6.45) is 3.76. The lowest BCUT2D eigenvalue weighted by Crippen LogP contribution is -2.41. The summed E-state index contributed by atoms with van der Waals surface area (Å²) in [4.78, 5) is 32.4. The predicted molar refractivity (Wildman–Crippen MR) is 170 cm³/mol. The highest BCUT2D eigenvalue weighted by atomic mass is 16.5. The van der Waals surface area contributed by atoms with Crippen LogP contribution < -0.4 is 18.9 Å². The Morgan fingerprint density at radius 3 is 2.00 bits per heavy atom. The lowest BCUT2D eigenvalue weighted by molar-refractivity contribution is -0.131. The zero-order valence-electron chi connectivity index (χ0n) is 26.7. The molecule has 2 aromatic carbocycles. The van der Waals surface area contributed by atoms with E-state index in [2.05, 4.69) is 31.9 Å². The molecule has 2 rings (SSSR count). The minimum Gasteiger partial charge on any atom is -0.493 e. The van der Waals surface area contributed by atoms with Gasteiger partial charge in [0.05, 0.1) is 32.8 Å². The van der Waals surface area contributed by atoms with Crippen molar-refractivity contribution < 1.29 is 33.3 Å². The fourth-order valence-corrected chi connectivity index (χ4v) is 4.85. The molecule has 9 nitrogen and oxygen atoms in total. The number of rotatable bonds is 21. The number of hydrogen-bond donors (Lipinski definition) is 0. The van der Waals surface area contributed by atoms with E-state index in [9.17, 15) is 9.59 Å². The smallest absolute Gasteiger partial charge is 0.227 e. The first-order valence-electron chi connectivity index (χ1n) is 14.8. The fourth-order valence-electron chi connectivity index (χ4n) is 4.85. The van der Waals surface area contributed by atoms with Gasteiger partial charge in [-0.1, -0.05) is 46.1 Å². The second-order valence-electron chi connectivity index (χ2n) is 9.73. The van der Waals surface area contributed by atoms with Gasteiger partial charge in [-0.2, -0.15) is 0 Å². The van der Waals surface area contributed by atoms with Crippen molar-refractivity contribution in [3.63, 3.8) is 0 Å². The third kappa shape index (κ3) is 9.59. The van der Waals surface area contributed by atoms with Gasteiger partial charge in [0.25, 0.3) is 0 Å². The van der Waals surface area contributed by atoms with Gasteiger partial charge in [0.1, 0.15) is 24.7 Å². The molecule has 0 atom stereocenters. The summed E-state index contributed by atoms with van der Waals surface area (Å²) in [5.41, 5.74) is 2.01. The summed E-state index contributed by atoms with van der Waals surface area (Å²) in [6.45, 7) is 18.0. The Morgan fingerprint density at radius 1 is 0.791 bits per heavy atom. The van der Waals surface area contributed by atoms with Crippen LogP contribution in [-0.2, 0) is 22.4 Å². The molecule has 236 valence electrons. The normalized spacial score (nSPS) is 10.8. The van der Waals surface area contributed by atoms with Crippen LogP contribution in [0.25, 0.3) is 0 Å². The number of ketones is 1. The van der Waals surface area contributed by atoms with E-state index in [1.54, 1.807) is 48.4 Å². The molecule has 2 aromatic rings. The number of benzene rings is 2. The fraction of sp³-hybridized carbons (Fsp3) is 0.471. The minimum atomic E-state index is -0.306. The number of carbonyl (C=O) groups excluding carboxylic acids is 2. The van der Waals surface area contributed by atoms with E-state index in [1.165, 1.54) is 14.2 Å². The summed E-state index contributed by atoms with van der Waals surface area (Å²) >= 11 is 0. The van der Waals surface area contributed by atoms with E-state index < -0.39 is 0 Å². The molecule has 9 heteroatoms. The lowest BCUT2D eigenvalue weighted by atomic mass is 9.89. The van der Waals surface area contributed by atoms with Crippen molar-refractivity contribution in [1.29, 1.82) is 0 Å². The summed E-state index contributed by atoms with van der Waals surface area (Å²) in [5.74, 6) is 1.35. The molecule has 0 fully saturated rings. The Kier molecular flexibility index (Phi) is 15.4. The number of methoxy groups -OCH3 is 3. The molecule has 0 radical (unpaired) electrons. The molecule has 0 bridgehead atoms. The van der Waals surface area contributed by atoms with Crippen LogP contribution in [-0.4, -0.2) is 95.4 Å². The van der Waals surface area contributed by atoms with Crippen molar-refractivity contribution in [3.05, 3.63) is 71.8 Å². The first-order chi connectivity index (χ1) is 20.8. The van der Waals surface area contributed by atoms with Gasteiger partial charge >= 0.3 is 0 Å². The quantitative estimate of drug-likeness (QED) is 0.147. The maximum atomic E-state index is 14.3. The summed E-state index contributed by atoms with van der Waals surface area (Å²) in [5, 5.41) is 0. The van der Waals surface area contributed by atoms with Crippen molar-refractivity contribution in [2.24, 2.45) is 0 Å². The minimum absolute atomic E-state index is 0.0186. The third-order valence-electron chi connectivity index (χ3n) is 7.24. The van der Waals surface area contributed by atoms with Gasteiger partial charge in [0.2, 0.25) is 5.91 Å². The largest absolute Gasteiger partial charge is 0.493 e. The first kappa shape index (κ1) is 35.4. The second-order valence-corrected chi connectivity index (χ2v) is 9.73. The Balaban J connectivity index is 2.75. The number of amides is 1. The van der Waals surface area contributed by atoms with Crippen molar-refractivity contribution in [2.75, 3.05) is 73.9 Å². The van der Waals surface area contributed by atoms with Crippen LogP contribution in [0.1, 0.15) is 47.8 Å². The van der Waals surface area contributed by atoms with Crippen LogP contribution in [0, 0.1) is 0 Å². The Labute approximate surface area is 257 Å². The van der Waals surface area contributed by atoms with Gasteiger partial charge in [-0.25, -0.2) is 0 Å². The standard InChI is InChI=1S/C34H48N2O7/c1-9-19-42-29-24-31(43-20-10-2)33(34(38)25-14-15-28(40-7)30(22-25)41-8)27(26(29)11-3)23-32(37)36(18-21-39-6)17-16-35(12-4)13-5/h9-10,14-15,22,24H,1-2,11-13,16-21,23H2,3-8H3. The van der Waals surface area contributed by atoms with E-state index in [-0.39, 0.29) is 31.3 Å². The lowest BCUT2D eigenvalue weighted by Gasteiger charge is -2.28. The first-order valence-corrected chi connectivity index (χ1v) is 14.8. The van der Waals surface area contributed by atoms with Crippen molar-refractivity contribution in [3.8, 4) is 23.0 Å². The van der Waals surface area contributed by atoms with Gasteiger partial charge in [-0.15, -0.1) is 0 Å². The molecular formula is C34H48N2O7. The highest BCUT2D eigenvalue weighted by Gasteiger charge is 2.28. The molecule has 43 heavy (non-hydrogen) atoms. The molecule has 0 aliphatic heterocycles. The summed E-state index contributed by atoms with van der Waals surface area (Å²) in [6, 6.07) is 6.71. The van der Waals surface area contributed by atoms with Gasteiger partial charge in [0.15, 0.2) is 17.3 Å². The van der Waals surface area contributed by atoms with Crippen LogP contribution in [0.2, 0.25) is 0 Å². The van der Waals surface area contributed by atoms with Crippen molar-refractivity contribution >= 4 is 11.7 Å². The molecule has 0 saturated carbocycles.